The predicted octanol–water partition coefficient (Wildman–Crippen LogP) is 0.580. The Morgan fingerprint density at radius 1 is 1.47 bits per heavy atom. The Morgan fingerprint density at radius 2 is 2.27 bits per heavy atom. The maximum Gasteiger partial charge on any atom is 0.245 e. The molecule has 76 valence electrons. The average molecular weight is 206 g/mol. The molecule has 0 aliphatic carbocycles. The molecule has 1 heterocycles. The third-order valence-corrected chi connectivity index (χ3v) is 1.80. The minimum absolute atomic E-state index is 0.0388. The molecule has 5 nitrogen and oxygen atoms in total. The first kappa shape index (κ1) is 9.45. The lowest BCUT2D eigenvalue weighted by atomic mass is 10.1. The Hall–Kier alpha value is -2.11. The van der Waals surface area contributed by atoms with Gasteiger partial charge in [-0.1, -0.05) is 12.1 Å². The van der Waals surface area contributed by atoms with E-state index in [2.05, 4.69) is 15.4 Å². The molecule has 0 amide bonds. The smallest absolute Gasteiger partial charge is 0.245 e. The van der Waals surface area contributed by atoms with Crippen molar-refractivity contribution in [1.82, 2.24) is 20.2 Å². The highest BCUT2D eigenvalue weighted by atomic mass is 19.1. The van der Waals surface area contributed by atoms with Crippen LogP contribution in [0.25, 0.3) is 0 Å². The molecule has 0 N–H and O–H groups in total. The van der Waals surface area contributed by atoms with Crippen molar-refractivity contribution in [3.63, 3.8) is 0 Å². The molecule has 0 unspecified atom stereocenters. The molecular formula is C9H7FN4O. The molecule has 0 spiro atoms. The van der Waals surface area contributed by atoms with Crippen molar-refractivity contribution in [3.8, 4) is 0 Å². The van der Waals surface area contributed by atoms with E-state index in [0.29, 0.717) is 0 Å². The van der Waals surface area contributed by atoms with Crippen LogP contribution in [0, 0.1) is 5.82 Å². The molecule has 0 aliphatic rings. The second-order valence-corrected chi connectivity index (χ2v) is 2.94. The van der Waals surface area contributed by atoms with Gasteiger partial charge >= 0.3 is 0 Å². The number of aryl methyl sites for hydroxylation is 1. The second-order valence-electron chi connectivity index (χ2n) is 2.94. The molecule has 0 fully saturated rings. The van der Waals surface area contributed by atoms with Crippen molar-refractivity contribution in [2.24, 2.45) is 7.05 Å². The minimum atomic E-state index is -0.468. The zero-order chi connectivity index (χ0) is 10.8. The van der Waals surface area contributed by atoms with Crippen molar-refractivity contribution in [1.29, 1.82) is 0 Å². The molecule has 1 aromatic carbocycles. The lowest BCUT2D eigenvalue weighted by Crippen LogP contribution is -2.05. The fourth-order valence-corrected chi connectivity index (χ4v) is 1.13. The number of benzene rings is 1. The lowest BCUT2D eigenvalue weighted by molar-refractivity contribution is 0.102. The number of hydrogen-bond donors (Lipinski definition) is 0. The monoisotopic (exact) mass is 206 g/mol. The topological polar surface area (TPSA) is 60.7 Å². The molecule has 6 heteroatoms. The summed E-state index contributed by atoms with van der Waals surface area (Å²) in [5.74, 6) is -0.949. The molecular weight excluding hydrogens is 199 g/mol. The van der Waals surface area contributed by atoms with Gasteiger partial charge in [0.2, 0.25) is 11.6 Å². The number of halogens is 1. The fourth-order valence-electron chi connectivity index (χ4n) is 1.13. The highest BCUT2D eigenvalue weighted by Gasteiger charge is 2.14. The molecule has 15 heavy (non-hydrogen) atoms. The maximum atomic E-state index is 12.8. The van der Waals surface area contributed by atoms with E-state index in [-0.39, 0.29) is 11.4 Å². The van der Waals surface area contributed by atoms with E-state index in [4.69, 9.17) is 0 Å². The number of carbonyl (C=O) groups is 1. The number of carbonyl (C=O) groups excluding carboxylic acids is 1. The third kappa shape index (κ3) is 1.88. The molecule has 0 radical (unpaired) electrons. The summed E-state index contributed by atoms with van der Waals surface area (Å²) >= 11 is 0. The van der Waals surface area contributed by atoms with Crippen LogP contribution in [-0.4, -0.2) is 26.0 Å². The van der Waals surface area contributed by atoms with Crippen LogP contribution in [0.1, 0.15) is 16.2 Å². The van der Waals surface area contributed by atoms with Crippen LogP contribution in [0.5, 0.6) is 0 Å². The van der Waals surface area contributed by atoms with Crippen LogP contribution >= 0.6 is 0 Å². The fraction of sp³-hybridized carbons (Fsp3) is 0.111. The normalized spacial score (nSPS) is 10.3. The van der Waals surface area contributed by atoms with Crippen LogP contribution in [-0.2, 0) is 7.05 Å². The van der Waals surface area contributed by atoms with E-state index in [1.165, 1.54) is 23.0 Å². The summed E-state index contributed by atoms with van der Waals surface area (Å²) < 4.78 is 12.8. The summed E-state index contributed by atoms with van der Waals surface area (Å²) in [4.78, 5) is 12.8. The summed E-state index contributed by atoms with van der Waals surface area (Å²) in [6.07, 6.45) is 0. The Labute approximate surface area is 84.5 Å². The molecule has 1 aromatic heterocycles. The van der Waals surface area contributed by atoms with E-state index in [1.807, 2.05) is 0 Å². The molecule has 0 saturated heterocycles. The van der Waals surface area contributed by atoms with E-state index in [9.17, 15) is 9.18 Å². The minimum Gasteiger partial charge on any atom is -0.285 e. The summed E-state index contributed by atoms with van der Waals surface area (Å²) in [6.45, 7) is 0. The summed E-state index contributed by atoms with van der Waals surface area (Å²) in [6, 6.07) is 5.36. The van der Waals surface area contributed by atoms with Gasteiger partial charge in [-0.3, -0.25) is 4.79 Å². The van der Waals surface area contributed by atoms with E-state index in [0.717, 1.165) is 6.07 Å². The van der Waals surface area contributed by atoms with Gasteiger partial charge in [-0.25, -0.2) is 4.39 Å². The zero-order valence-corrected chi connectivity index (χ0v) is 7.88. The first-order valence-electron chi connectivity index (χ1n) is 4.21. The molecule has 0 aliphatic heterocycles. The van der Waals surface area contributed by atoms with Gasteiger partial charge in [-0.2, -0.15) is 4.80 Å². The average Bonchev–Trinajstić information content (AvgIpc) is 2.64. The molecule has 2 rings (SSSR count). The van der Waals surface area contributed by atoms with Crippen LogP contribution in [0.15, 0.2) is 24.3 Å². The van der Waals surface area contributed by atoms with Gasteiger partial charge in [-0.15, -0.1) is 10.2 Å². The summed E-state index contributed by atoms with van der Waals surface area (Å²) in [5, 5.41) is 10.8. The van der Waals surface area contributed by atoms with Gasteiger partial charge < -0.3 is 0 Å². The van der Waals surface area contributed by atoms with Crippen LogP contribution < -0.4 is 0 Å². The van der Waals surface area contributed by atoms with Gasteiger partial charge in [0, 0.05) is 5.56 Å². The van der Waals surface area contributed by atoms with Crippen molar-refractivity contribution in [3.05, 3.63) is 41.5 Å². The first-order valence-corrected chi connectivity index (χ1v) is 4.21. The number of aromatic nitrogens is 4. The number of hydrogen-bond acceptors (Lipinski definition) is 4. The quantitative estimate of drug-likeness (QED) is 0.674. The molecule has 0 saturated carbocycles. The highest BCUT2D eigenvalue weighted by Crippen LogP contribution is 2.07. The number of rotatable bonds is 2. The number of ketones is 1. The Bertz CT molecular complexity index is 508. The molecule has 0 atom stereocenters. The van der Waals surface area contributed by atoms with Crippen molar-refractivity contribution >= 4 is 5.78 Å². The van der Waals surface area contributed by atoms with Crippen LogP contribution in [0.2, 0.25) is 0 Å². The Balaban J connectivity index is 2.36. The largest absolute Gasteiger partial charge is 0.285 e. The Morgan fingerprint density at radius 3 is 2.87 bits per heavy atom. The van der Waals surface area contributed by atoms with Crippen LogP contribution in [0.3, 0.4) is 0 Å². The molecule has 0 bridgehead atoms. The second kappa shape index (κ2) is 3.56. The van der Waals surface area contributed by atoms with Crippen molar-refractivity contribution in [2.75, 3.05) is 0 Å². The number of nitrogens with zero attached hydrogens (tertiary/aromatic N) is 4. The van der Waals surface area contributed by atoms with Gasteiger partial charge in [0.25, 0.3) is 0 Å². The van der Waals surface area contributed by atoms with Crippen molar-refractivity contribution in [2.45, 2.75) is 0 Å². The maximum absolute atomic E-state index is 12.8. The predicted molar refractivity (Wildman–Crippen MR) is 48.6 cm³/mol. The zero-order valence-electron chi connectivity index (χ0n) is 7.88. The van der Waals surface area contributed by atoms with Crippen LogP contribution in [0.4, 0.5) is 4.39 Å². The standard InChI is InChI=1S/C9H7FN4O/c1-14-12-9(11-13-14)8(15)6-3-2-4-7(10)5-6/h2-5H,1H3. The third-order valence-electron chi connectivity index (χ3n) is 1.80. The number of tetrazole rings is 1. The van der Waals surface area contributed by atoms with Gasteiger partial charge in [-0.05, 0) is 17.3 Å². The van der Waals surface area contributed by atoms with Gasteiger partial charge in [0.15, 0.2) is 0 Å². The molecule has 2 aromatic rings. The first-order chi connectivity index (χ1) is 7.16. The Kier molecular flexibility index (Phi) is 2.24. The SMILES string of the molecule is Cn1nnc(C(=O)c2cccc(F)c2)n1. The van der Waals surface area contributed by atoms with E-state index in [1.54, 1.807) is 7.05 Å². The lowest BCUT2D eigenvalue weighted by Gasteiger charge is -1.95. The summed E-state index contributed by atoms with van der Waals surface area (Å²) in [5.41, 5.74) is 0.211. The highest BCUT2D eigenvalue weighted by molar-refractivity contribution is 6.06. The van der Waals surface area contributed by atoms with E-state index < -0.39 is 11.6 Å². The van der Waals surface area contributed by atoms with Gasteiger partial charge in [0.05, 0.1) is 7.05 Å². The van der Waals surface area contributed by atoms with Crippen molar-refractivity contribution < 1.29 is 9.18 Å². The van der Waals surface area contributed by atoms with E-state index >= 15 is 0 Å². The summed E-state index contributed by atoms with van der Waals surface area (Å²) in [7, 11) is 1.55. The van der Waals surface area contributed by atoms with Gasteiger partial charge in [0.1, 0.15) is 5.82 Å².